The topological polar surface area (TPSA) is 54.0 Å². The van der Waals surface area contributed by atoms with Gasteiger partial charge in [-0.05, 0) is 54.7 Å². The Kier molecular flexibility index (Phi) is 2.88. The van der Waals surface area contributed by atoms with E-state index in [2.05, 4.69) is 27.8 Å². The number of anilines is 2. The Morgan fingerprint density at radius 3 is 3.05 bits per heavy atom. The maximum absolute atomic E-state index is 11.4. The van der Waals surface area contributed by atoms with Crippen molar-refractivity contribution in [1.82, 2.24) is 4.98 Å². The van der Waals surface area contributed by atoms with E-state index in [1.807, 2.05) is 24.4 Å². The van der Waals surface area contributed by atoms with Gasteiger partial charge in [0.2, 0.25) is 5.91 Å². The lowest BCUT2D eigenvalue weighted by atomic mass is 10.0. The summed E-state index contributed by atoms with van der Waals surface area (Å²) in [5.74, 6) is 0.108. The van der Waals surface area contributed by atoms with Crippen molar-refractivity contribution < 1.29 is 4.79 Å². The minimum atomic E-state index is 0.108. The summed E-state index contributed by atoms with van der Waals surface area (Å²) in [6, 6.07) is 10.6. The second-order valence-corrected chi connectivity index (χ2v) is 5.70. The molecule has 0 saturated carbocycles. The molecule has 4 rings (SSSR count). The molecule has 1 aliphatic heterocycles. The van der Waals surface area contributed by atoms with Crippen molar-refractivity contribution in [3.05, 3.63) is 53.3 Å². The number of rotatable bonds is 2. The predicted molar refractivity (Wildman–Crippen MR) is 82.3 cm³/mol. The van der Waals surface area contributed by atoms with Crippen LogP contribution in [0.2, 0.25) is 0 Å². The molecule has 21 heavy (non-hydrogen) atoms. The fraction of sp³-hybridized carbons (Fsp3) is 0.294. The average molecular weight is 279 g/mol. The van der Waals surface area contributed by atoms with Crippen LogP contribution in [-0.2, 0) is 17.6 Å². The van der Waals surface area contributed by atoms with Crippen LogP contribution in [0.15, 0.2) is 36.5 Å². The summed E-state index contributed by atoms with van der Waals surface area (Å²) >= 11 is 0. The minimum absolute atomic E-state index is 0.108. The van der Waals surface area contributed by atoms with Crippen molar-refractivity contribution in [2.75, 3.05) is 10.6 Å². The van der Waals surface area contributed by atoms with Gasteiger partial charge < -0.3 is 10.6 Å². The predicted octanol–water partition coefficient (Wildman–Crippen LogP) is 3.07. The van der Waals surface area contributed by atoms with Crippen LogP contribution in [0.4, 0.5) is 11.4 Å². The number of benzene rings is 1. The molecule has 0 radical (unpaired) electrons. The van der Waals surface area contributed by atoms with E-state index in [1.54, 1.807) is 0 Å². The second kappa shape index (κ2) is 4.88. The van der Waals surface area contributed by atoms with E-state index in [4.69, 9.17) is 0 Å². The van der Waals surface area contributed by atoms with Crippen molar-refractivity contribution in [3.63, 3.8) is 0 Å². The van der Waals surface area contributed by atoms with Gasteiger partial charge in [0, 0.05) is 24.0 Å². The maximum atomic E-state index is 11.4. The number of aromatic nitrogens is 1. The number of aryl methyl sites for hydroxylation is 2. The summed E-state index contributed by atoms with van der Waals surface area (Å²) in [5, 5.41) is 6.50. The van der Waals surface area contributed by atoms with Gasteiger partial charge in [-0.15, -0.1) is 0 Å². The normalized spacial score (nSPS) is 19.6. The molecule has 106 valence electrons. The van der Waals surface area contributed by atoms with Gasteiger partial charge in [0.25, 0.3) is 0 Å². The molecule has 1 unspecified atom stereocenters. The highest BCUT2D eigenvalue weighted by atomic mass is 16.1. The Hall–Kier alpha value is -2.36. The molecule has 1 aliphatic carbocycles. The van der Waals surface area contributed by atoms with Crippen LogP contribution in [0.25, 0.3) is 0 Å². The van der Waals surface area contributed by atoms with Gasteiger partial charge in [-0.1, -0.05) is 6.07 Å². The molecule has 2 aromatic rings. The number of pyridine rings is 1. The van der Waals surface area contributed by atoms with Crippen molar-refractivity contribution in [3.8, 4) is 0 Å². The second-order valence-electron chi connectivity index (χ2n) is 5.70. The lowest BCUT2D eigenvalue weighted by Crippen LogP contribution is -2.19. The van der Waals surface area contributed by atoms with E-state index in [0.29, 0.717) is 6.42 Å². The van der Waals surface area contributed by atoms with E-state index in [1.165, 1.54) is 16.8 Å². The van der Waals surface area contributed by atoms with Crippen molar-refractivity contribution in [2.45, 2.75) is 31.7 Å². The number of hydrogen-bond donors (Lipinski definition) is 2. The molecule has 0 fully saturated rings. The average Bonchev–Trinajstić information content (AvgIpc) is 2.91. The highest BCUT2D eigenvalue weighted by Crippen LogP contribution is 2.33. The summed E-state index contributed by atoms with van der Waals surface area (Å²) < 4.78 is 0. The van der Waals surface area contributed by atoms with Gasteiger partial charge in [0.15, 0.2) is 0 Å². The van der Waals surface area contributed by atoms with Crippen LogP contribution >= 0.6 is 0 Å². The van der Waals surface area contributed by atoms with E-state index in [0.717, 1.165) is 30.6 Å². The monoisotopic (exact) mass is 279 g/mol. The number of amides is 1. The molecular formula is C17H17N3O. The van der Waals surface area contributed by atoms with E-state index < -0.39 is 0 Å². The Balaban J connectivity index is 1.57. The zero-order valence-corrected chi connectivity index (χ0v) is 11.7. The Bertz CT molecular complexity index is 711. The van der Waals surface area contributed by atoms with Gasteiger partial charge in [-0.2, -0.15) is 0 Å². The summed E-state index contributed by atoms with van der Waals surface area (Å²) in [6.07, 6.45) is 5.42. The SMILES string of the molecule is O=C1CCc2cc(NC3CCc4cccnc43)ccc2N1. The van der Waals surface area contributed by atoms with Gasteiger partial charge in [0.05, 0.1) is 11.7 Å². The zero-order valence-electron chi connectivity index (χ0n) is 11.7. The Labute approximate surface area is 123 Å². The van der Waals surface area contributed by atoms with Crippen LogP contribution in [-0.4, -0.2) is 10.9 Å². The van der Waals surface area contributed by atoms with Crippen molar-refractivity contribution >= 4 is 17.3 Å². The first-order valence-corrected chi connectivity index (χ1v) is 7.43. The molecule has 4 heteroatoms. The van der Waals surface area contributed by atoms with E-state index in [9.17, 15) is 4.79 Å². The summed E-state index contributed by atoms with van der Waals surface area (Å²) in [7, 11) is 0. The summed E-state index contributed by atoms with van der Waals surface area (Å²) in [5.41, 5.74) is 5.78. The number of fused-ring (bicyclic) bond motifs is 2. The zero-order chi connectivity index (χ0) is 14.2. The third-order valence-corrected chi connectivity index (χ3v) is 4.30. The fourth-order valence-corrected chi connectivity index (χ4v) is 3.23. The summed E-state index contributed by atoms with van der Waals surface area (Å²) in [4.78, 5) is 15.9. The Morgan fingerprint density at radius 2 is 2.10 bits per heavy atom. The first kappa shape index (κ1) is 12.4. The first-order chi connectivity index (χ1) is 10.3. The molecule has 0 bridgehead atoms. The molecule has 1 amide bonds. The molecule has 1 atom stereocenters. The third-order valence-electron chi connectivity index (χ3n) is 4.30. The smallest absolute Gasteiger partial charge is 0.224 e. The van der Waals surface area contributed by atoms with Crippen LogP contribution in [0.1, 0.15) is 35.7 Å². The van der Waals surface area contributed by atoms with Gasteiger partial charge >= 0.3 is 0 Å². The van der Waals surface area contributed by atoms with E-state index in [-0.39, 0.29) is 11.9 Å². The molecule has 0 spiro atoms. The molecule has 2 N–H and O–H groups in total. The minimum Gasteiger partial charge on any atom is -0.377 e. The number of nitrogens with one attached hydrogen (secondary N) is 2. The lowest BCUT2D eigenvalue weighted by molar-refractivity contribution is -0.116. The maximum Gasteiger partial charge on any atom is 0.224 e. The molecule has 1 aromatic heterocycles. The van der Waals surface area contributed by atoms with Gasteiger partial charge in [-0.3, -0.25) is 9.78 Å². The quantitative estimate of drug-likeness (QED) is 0.888. The van der Waals surface area contributed by atoms with Gasteiger partial charge in [-0.25, -0.2) is 0 Å². The number of hydrogen-bond acceptors (Lipinski definition) is 3. The Morgan fingerprint density at radius 1 is 1.14 bits per heavy atom. The number of nitrogens with zero attached hydrogens (tertiary/aromatic N) is 1. The van der Waals surface area contributed by atoms with E-state index >= 15 is 0 Å². The molecule has 1 aromatic carbocycles. The van der Waals surface area contributed by atoms with Crippen molar-refractivity contribution in [1.29, 1.82) is 0 Å². The highest BCUT2D eigenvalue weighted by Gasteiger charge is 2.23. The molecule has 2 aliphatic rings. The largest absolute Gasteiger partial charge is 0.377 e. The van der Waals surface area contributed by atoms with Crippen LogP contribution in [0.3, 0.4) is 0 Å². The standard InChI is InChI=1S/C17H17N3O/c21-16-8-4-12-10-13(5-7-14(12)20-16)19-15-6-3-11-2-1-9-18-17(11)15/h1-2,5,7,9-10,15,19H,3-4,6,8H2,(H,20,21). The molecule has 2 heterocycles. The number of carbonyl (C=O) groups excluding carboxylic acids is 1. The molecular weight excluding hydrogens is 262 g/mol. The highest BCUT2D eigenvalue weighted by molar-refractivity contribution is 5.94. The third kappa shape index (κ3) is 2.27. The van der Waals surface area contributed by atoms with Gasteiger partial charge in [0.1, 0.15) is 0 Å². The summed E-state index contributed by atoms with van der Waals surface area (Å²) in [6.45, 7) is 0. The van der Waals surface area contributed by atoms with Crippen LogP contribution in [0.5, 0.6) is 0 Å². The van der Waals surface area contributed by atoms with Crippen LogP contribution < -0.4 is 10.6 Å². The van der Waals surface area contributed by atoms with Crippen molar-refractivity contribution in [2.24, 2.45) is 0 Å². The first-order valence-electron chi connectivity index (χ1n) is 7.43. The van der Waals surface area contributed by atoms with Crippen LogP contribution in [0, 0.1) is 0 Å². The number of carbonyl (C=O) groups is 1. The molecule has 4 nitrogen and oxygen atoms in total. The lowest BCUT2D eigenvalue weighted by Gasteiger charge is -2.20. The fourth-order valence-electron chi connectivity index (χ4n) is 3.23. The molecule has 0 saturated heterocycles.